The van der Waals surface area contributed by atoms with E-state index in [0.29, 0.717) is 6.42 Å². The van der Waals surface area contributed by atoms with Crippen molar-refractivity contribution in [3.05, 3.63) is 36.5 Å². The predicted molar refractivity (Wildman–Crippen MR) is 324 cm³/mol. The van der Waals surface area contributed by atoms with E-state index >= 15 is 0 Å². The first-order chi connectivity index (χ1) is 36.1. The van der Waals surface area contributed by atoms with Gasteiger partial charge in [0, 0.05) is 0 Å². The van der Waals surface area contributed by atoms with Gasteiger partial charge in [-0.2, -0.15) is 0 Å². The Morgan fingerprint density at radius 2 is 0.589 bits per heavy atom. The number of rotatable bonds is 62. The predicted octanol–water partition coefficient (Wildman–Crippen LogP) is 21.3. The van der Waals surface area contributed by atoms with E-state index in [1.807, 2.05) is 6.08 Å². The van der Waals surface area contributed by atoms with Gasteiger partial charge in [0.1, 0.15) is 6.10 Å². The Morgan fingerprint density at radius 3 is 0.863 bits per heavy atom. The van der Waals surface area contributed by atoms with Crippen molar-refractivity contribution in [2.45, 2.75) is 385 Å². The lowest BCUT2D eigenvalue weighted by Gasteiger charge is -2.21. The summed E-state index contributed by atoms with van der Waals surface area (Å²) in [4.78, 5) is 12.6. The van der Waals surface area contributed by atoms with Crippen LogP contribution in [0.5, 0.6) is 0 Å². The zero-order valence-electron chi connectivity index (χ0n) is 49.5. The van der Waals surface area contributed by atoms with Gasteiger partial charge in [-0.25, -0.2) is 0 Å². The Morgan fingerprint density at radius 1 is 0.342 bits per heavy atom. The first-order valence-corrected chi connectivity index (χ1v) is 33.3. The molecule has 3 atom stereocenters. The minimum absolute atomic E-state index is 0.361. The Labute approximate surface area is 457 Å². The van der Waals surface area contributed by atoms with Crippen LogP contribution in [0.25, 0.3) is 0 Å². The molecule has 1 amide bonds. The SMILES string of the molecule is CCCCCCCCCCCCCCC/C=C\C/C=C\CCCCCCCCCCCCCCCCCCC(O)C(=O)NC(CO)C(O)/C=C/CCCCCCCCCCCCCCCCCCCCCCC. The summed E-state index contributed by atoms with van der Waals surface area (Å²) in [6, 6.07) is -0.799. The summed E-state index contributed by atoms with van der Waals surface area (Å²) in [5.74, 6) is -0.497. The van der Waals surface area contributed by atoms with E-state index in [9.17, 15) is 20.1 Å². The molecule has 0 spiro atoms. The molecule has 0 aliphatic heterocycles. The molecule has 5 nitrogen and oxygen atoms in total. The normalized spacial score (nSPS) is 13.3. The van der Waals surface area contributed by atoms with Crippen molar-refractivity contribution in [2.24, 2.45) is 0 Å². The second-order valence-corrected chi connectivity index (χ2v) is 23.0. The van der Waals surface area contributed by atoms with Gasteiger partial charge in [0.05, 0.1) is 18.8 Å². The second kappa shape index (κ2) is 63.1. The van der Waals surface area contributed by atoms with E-state index in [0.717, 1.165) is 38.5 Å². The molecule has 0 radical (unpaired) electrons. The highest BCUT2D eigenvalue weighted by Gasteiger charge is 2.22. The highest BCUT2D eigenvalue weighted by atomic mass is 16.3. The molecule has 0 bridgehead atoms. The maximum absolute atomic E-state index is 12.6. The quantitative estimate of drug-likeness (QED) is 0.0361. The van der Waals surface area contributed by atoms with Crippen molar-refractivity contribution in [3.8, 4) is 0 Å². The summed E-state index contributed by atoms with van der Waals surface area (Å²) in [5, 5.41) is 33.5. The minimum Gasteiger partial charge on any atom is -0.394 e. The monoisotopic (exact) mass is 1030 g/mol. The fourth-order valence-corrected chi connectivity index (χ4v) is 10.6. The van der Waals surface area contributed by atoms with E-state index < -0.39 is 24.2 Å². The summed E-state index contributed by atoms with van der Waals surface area (Å²) in [7, 11) is 0. The molecule has 0 saturated carbocycles. The number of hydrogen-bond donors (Lipinski definition) is 4. The van der Waals surface area contributed by atoms with E-state index in [4.69, 9.17) is 0 Å². The lowest BCUT2D eigenvalue weighted by atomic mass is 10.0. The van der Waals surface area contributed by atoms with Crippen LogP contribution in [0.1, 0.15) is 367 Å². The molecule has 0 aromatic heterocycles. The van der Waals surface area contributed by atoms with Crippen LogP contribution in [-0.2, 0) is 4.79 Å². The Hall–Kier alpha value is -1.43. The van der Waals surface area contributed by atoms with Crippen molar-refractivity contribution in [3.63, 3.8) is 0 Å². The lowest BCUT2D eigenvalue weighted by molar-refractivity contribution is -0.131. The number of hydrogen-bond acceptors (Lipinski definition) is 4. The van der Waals surface area contributed by atoms with Crippen LogP contribution in [0.4, 0.5) is 0 Å². The number of carbonyl (C=O) groups excluding carboxylic acids is 1. The molecule has 0 aromatic carbocycles. The van der Waals surface area contributed by atoms with E-state index in [1.165, 1.54) is 308 Å². The summed E-state index contributed by atoms with van der Waals surface area (Å²) >= 11 is 0. The molecule has 73 heavy (non-hydrogen) atoms. The van der Waals surface area contributed by atoms with Gasteiger partial charge in [-0.15, -0.1) is 0 Å². The van der Waals surface area contributed by atoms with Gasteiger partial charge in [0.25, 0.3) is 0 Å². The highest BCUT2D eigenvalue weighted by Crippen LogP contribution is 2.18. The topological polar surface area (TPSA) is 89.8 Å². The van der Waals surface area contributed by atoms with Gasteiger partial charge >= 0.3 is 0 Å². The van der Waals surface area contributed by atoms with E-state index in [2.05, 4.69) is 43.5 Å². The van der Waals surface area contributed by atoms with Crippen LogP contribution < -0.4 is 5.32 Å². The Balaban J connectivity index is 3.51. The minimum atomic E-state index is -1.10. The summed E-state index contributed by atoms with van der Waals surface area (Å²) in [6.07, 6.45) is 84.1. The van der Waals surface area contributed by atoms with Gasteiger partial charge in [-0.1, -0.05) is 352 Å². The molecule has 0 aromatic rings. The van der Waals surface area contributed by atoms with Crippen molar-refractivity contribution in [2.75, 3.05) is 6.61 Å². The standard InChI is InChI=1S/C68H131NO4/c1-3-5-7-9-11-13-15-17-19-21-23-25-27-28-29-30-31-32-33-34-35-36-37-38-39-41-43-45-47-49-51-53-55-57-59-61-63-67(72)68(73)69-65(64-70)66(71)62-60-58-56-54-52-50-48-46-44-42-40-26-24-22-20-18-16-14-12-10-8-6-4-2/h29-30,32-33,60,62,65-67,70-72H,3-28,31,34-59,61,63-64H2,1-2H3,(H,69,73)/b30-29-,33-32-,62-60+. The fraction of sp³-hybridized carbons (Fsp3) is 0.897. The number of allylic oxidation sites excluding steroid dienone is 5. The molecule has 0 aliphatic rings. The molecule has 3 unspecified atom stereocenters. The van der Waals surface area contributed by atoms with Gasteiger partial charge < -0.3 is 20.6 Å². The maximum Gasteiger partial charge on any atom is 0.249 e. The third-order valence-corrected chi connectivity index (χ3v) is 15.7. The number of carbonyl (C=O) groups is 1. The molecular weight excluding hydrogens is 895 g/mol. The average molecular weight is 1030 g/mol. The number of aliphatic hydroxyl groups excluding tert-OH is 3. The molecule has 0 saturated heterocycles. The molecule has 0 fully saturated rings. The Kier molecular flexibility index (Phi) is 61.9. The molecule has 4 N–H and O–H groups in total. The van der Waals surface area contributed by atoms with Crippen molar-refractivity contribution in [1.29, 1.82) is 0 Å². The van der Waals surface area contributed by atoms with Gasteiger partial charge in [0.2, 0.25) is 5.91 Å². The van der Waals surface area contributed by atoms with Crippen LogP contribution >= 0.6 is 0 Å². The third kappa shape index (κ3) is 58.1. The largest absolute Gasteiger partial charge is 0.394 e. The first-order valence-electron chi connectivity index (χ1n) is 33.3. The summed E-state index contributed by atoms with van der Waals surface area (Å²) in [6.45, 7) is 4.23. The van der Waals surface area contributed by atoms with Crippen molar-refractivity contribution < 1.29 is 20.1 Å². The van der Waals surface area contributed by atoms with Gasteiger partial charge in [0.15, 0.2) is 0 Å². The van der Waals surface area contributed by atoms with Crippen LogP contribution in [0.2, 0.25) is 0 Å². The average Bonchev–Trinajstić information content (AvgIpc) is 3.40. The lowest BCUT2D eigenvalue weighted by Crippen LogP contribution is -2.48. The number of amides is 1. The zero-order chi connectivity index (χ0) is 52.9. The van der Waals surface area contributed by atoms with E-state index in [-0.39, 0.29) is 6.61 Å². The molecule has 432 valence electrons. The van der Waals surface area contributed by atoms with Gasteiger partial charge in [-0.05, 0) is 51.4 Å². The highest BCUT2D eigenvalue weighted by molar-refractivity contribution is 5.80. The number of aliphatic hydroxyl groups is 3. The molecule has 0 rings (SSSR count). The first kappa shape index (κ1) is 71.6. The van der Waals surface area contributed by atoms with Crippen LogP contribution in [0.15, 0.2) is 36.5 Å². The second-order valence-electron chi connectivity index (χ2n) is 23.0. The van der Waals surface area contributed by atoms with E-state index in [1.54, 1.807) is 6.08 Å². The van der Waals surface area contributed by atoms with Crippen LogP contribution in [-0.4, -0.2) is 46.1 Å². The number of nitrogens with one attached hydrogen (secondary N) is 1. The van der Waals surface area contributed by atoms with Crippen molar-refractivity contribution >= 4 is 5.91 Å². The smallest absolute Gasteiger partial charge is 0.249 e. The molecule has 0 aliphatic carbocycles. The fourth-order valence-electron chi connectivity index (χ4n) is 10.6. The summed E-state index contributed by atoms with van der Waals surface area (Å²) < 4.78 is 0. The van der Waals surface area contributed by atoms with Gasteiger partial charge in [-0.3, -0.25) is 4.79 Å². The van der Waals surface area contributed by atoms with Crippen LogP contribution in [0.3, 0.4) is 0 Å². The Bertz CT molecular complexity index is 1130. The third-order valence-electron chi connectivity index (χ3n) is 15.7. The zero-order valence-corrected chi connectivity index (χ0v) is 49.5. The maximum atomic E-state index is 12.6. The molecule has 0 heterocycles. The summed E-state index contributed by atoms with van der Waals surface area (Å²) in [5.41, 5.74) is 0. The van der Waals surface area contributed by atoms with Crippen LogP contribution in [0, 0.1) is 0 Å². The van der Waals surface area contributed by atoms with Crippen molar-refractivity contribution in [1.82, 2.24) is 5.32 Å². The number of unbranched alkanes of at least 4 members (excludes halogenated alkanes) is 50. The molecular formula is C68H131NO4. The molecule has 5 heteroatoms.